The monoisotopic (exact) mass is 226 g/mol. The first-order valence-electron chi connectivity index (χ1n) is 4.20. The lowest BCUT2D eigenvalue weighted by atomic mass is 10.2. The van der Waals surface area contributed by atoms with Gasteiger partial charge in [-0.05, 0) is 25.1 Å². The van der Waals surface area contributed by atoms with Gasteiger partial charge in [0.2, 0.25) is 0 Å². The third-order valence-corrected chi connectivity index (χ3v) is 2.03. The van der Waals surface area contributed by atoms with Gasteiger partial charge >= 0.3 is 0 Å². The largest absolute Gasteiger partial charge is 0.337 e. The molecular weight excluding hydrogens is 219 g/mol. The van der Waals surface area contributed by atoms with E-state index in [1.54, 1.807) is 0 Å². The highest BCUT2D eigenvalue weighted by atomic mass is 35.5. The zero-order chi connectivity index (χ0) is 11.4. The maximum atomic E-state index is 13.0. The Bertz CT molecular complexity index is 428. The molecule has 0 aromatic heterocycles. The molecule has 0 saturated carbocycles. The van der Waals surface area contributed by atoms with Crippen molar-refractivity contribution in [1.82, 2.24) is 5.32 Å². The van der Waals surface area contributed by atoms with Crippen molar-refractivity contribution < 1.29 is 9.18 Å². The van der Waals surface area contributed by atoms with E-state index in [1.165, 1.54) is 19.1 Å². The molecule has 0 aliphatic carbocycles. The molecule has 5 heteroatoms. The molecule has 3 nitrogen and oxygen atoms in total. The Balaban J connectivity index is 2.84. The zero-order valence-electron chi connectivity index (χ0n) is 7.92. The smallest absolute Gasteiger partial charge is 0.252 e. The van der Waals surface area contributed by atoms with E-state index in [4.69, 9.17) is 16.9 Å². The van der Waals surface area contributed by atoms with Gasteiger partial charge in [0.1, 0.15) is 11.9 Å². The highest BCUT2D eigenvalue weighted by Crippen LogP contribution is 2.15. The van der Waals surface area contributed by atoms with Crippen molar-refractivity contribution in [3.05, 3.63) is 34.6 Å². The zero-order valence-corrected chi connectivity index (χ0v) is 8.68. The van der Waals surface area contributed by atoms with Crippen LogP contribution in [-0.2, 0) is 0 Å². The van der Waals surface area contributed by atoms with Crippen molar-refractivity contribution in [2.75, 3.05) is 0 Å². The fraction of sp³-hybridized carbons (Fsp3) is 0.200. The molecule has 78 valence electrons. The van der Waals surface area contributed by atoms with Gasteiger partial charge in [0.05, 0.1) is 11.1 Å². The molecule has 1 N–H and O–H groups in total. The SMILES string of the molecule is C[C@H](C#N)NC(=O)c1ccc(Cl)c(F)c1. The molecule has 0 saturated heterocycles. The summed E-state index contributed by atoms with van der Waals surface area (Å²) in [6.45, 7) is 1.53. The van der Waals surface area contributed by atoms with Crippen LogP contribution >= 0.6 is 11.6 Å². The van der Waals surface area contributed by atoms with E-state index in [-0.39, 0.29) is 10.6 Å². The molecule has 0 heterocycles. The van der Waals surface area contributed by atoms with Crippen molar-refractivity contribution in [2.45, 2.75) is 13.0 Å². The van der Waals surface area contributed by atoms with E-state index in [2.05, 4.69) is 5.32 Å². The number of amides is 1. The fourth-order valence-electron chi connectivity index (χ4n) is 0.950. The van der Waals surface area contributed by atoms with E-state index >= 15 is 0 Å². The van der Waals surface area contributed by atoms with Gasteiger partial charge in [-0.15, -0.1) is 0 Å². The van der Waals surface area contributed by atoms with Crippen molar-refractivity contribution in [1.29, 1.82) is 5.26 Å². The Morgan fingerprint density at radius 2 is 2.33 bits per heavy atom. The Morgan fingerprint density at radius 3 is 2.87 bits per heavy atom. The van der Waals surface area contributed by atoms with E-state index in [0.29, 0.717) is 0 Å². The first-order chi connectivity index (χ1) is 7.04. The molecule has 1 atom stereocenters. The van der Waals surface area contributed by atoms with Gasteiger partial charge in [-0.2, -0.15) is 5.26 Å². The first kappa shape index (κ1) is 11.5. The van der Waals surface area contributed by atoms with Crippen LogP contribution < -0.4 is 5.32 Å². The van der Waals surface area contributed by atoms with Crippen molar-refractivity contribution >= 4 is 17.5 Å². The van der Waals surface area contributed by atoms with E-state index in [1.807, 2.05) is 6.07 Å². The number of rotatable bonds is 2. The average molecular weight is 227 g/mol. The van der Waals surface area contributed by atoms with Gasteiger partial charge in [-0.1, -0.05) is 11.6 Å². The highest BCUT2D eigenvalue weighted by Gasteiger charge is 2.10. The number of halogens is 2. The summed E-state index contributed by atoms with van der Waals surface area (Å²) in [7, 11) is 0. The van der Waals surface area contributed by atoms with E-state index < -0.39 is 17.8 Å². The third-order valence-electron chi connectivity index (χ3n) is 1.72. The maximum absolute atomic E-state index is 13.0. The molecule has 0 bridgehead atoms. The summed E-state index contributed by atoms with van der Waals surface area (Å²) in [5, 5.41) is 10.8. The van der Waals surface area contributed by atoms with E-state index in [9.17, 15) is 9.18 Å². The molecule has 1 aromatic rings. The standard InChI is InChI=1S/C10H8ClFN2O/c1-6(5-13)14-10(15)7-2-3-8(11)9(12)4-7/h2-4,6H,1H3,(H,14,15)/t6-/m1/s1. The average Bonchev–Trinajstić information content (AvgIpc) is 2.21. The van der Waals surface area contributed by atoms with Crippen molar-refractivity contribution in [3.8, 4) is 6.07 Å². The van der Waals surface area contributed by atoms with Crippen LogP contribution in [0, 0.1) is 17.1 Å². The second-order valence-electron chi connectivity index (χ2n) is 2.95. The molecule has 0 aliphatic heterocycles. The molecule has 1 amide bonds. The molecule has 0 fully saturated rings. The Labute approximate surface area is 91.5 Å². The van der Waals surface area contributed by atoms with Gasteiger partial charge in [-0.25, -0.2) is 4.39 Å². The minimum atomic E-state index is -0.658. The van der Waals surface area contributed by atoms with Crippen LogP contribution in [0.4, 0.5) is 4.39 Å². The van der Waals surface area contributed by atoms with Gasteiger partial charge in [0.25, 0.3) is 5.91 Å². The van der Waals surface area contributed by atoms with Crippen LogP contribution in [0.2, 0.25) is 5.02 Å². The summed E-state index contributed by atoms with van der Waals surface area (Å²) in [4.78, 5) is 11.4. The molecule has 0 aliphatic rings. The number of nitriles is 1. The summed E-state index contributed by atoms with van der Waals surface area (Å²) in [5.41, 5.74) is 0.138. The predicted molar refractivity (Wildman–Crippen MR) is 54.0 cm³/mol. The maximum Gasteiger partial charge on any atom is 0.252 e. The van der Waals surface area contributed by atoms with Gasteiger partial charge in [0, 0.05) is 5.56 Å². The molecule has 1 rings (SSSR count). The molecule has 0 spiro atoms. The summed E-state index contributed by atoms with van der Waals surface area (Å²) in [6.07, 6.45) is 0. The summed E-state index contributed by atoms with van der Waals surface area (Å²) in [6, 6.07) is 4.94. The number of carbonyl (C=O) groups is 1. The topological polar surface area (TPSA) is 52.9 Å². The molecule has 0 unspecified atom stereocenters. The number of carbonyl (C=O) groups excluding carboxylic acids is 1. The predicted octanol–water partition coefficient (Wildman–Crippen LogP) is 2.12. The minimum absolute atomic E-state index is 0.0418. The number of hydrogen-bond acceptors (Lipinski definition) is 2. The normalized spacial score (nSPS) is 11.6. The molecule has 0 radical (unpaired) electrons. The second kappa shape index (κ2) is 4.76. The van der Waals surface area contributed by atoms with Crippen molar-refractivity contribution in [2.24, 2.45) is 0 Å². The van der Waals surface area contributed by atoms with Crippen LogP contribution in [0.3, 0.4) is 0 Å². The summed E-state index contributed by atoms with van der Waals surface area (Å²) < 4.78 is 13.0. The van der Waals surface area contributed by atoms with Crippen molar-refractivity contribution in [3.63, 3.8) is 0 Å². The molecule has 15 heavy (non-hydrogen) atoms. The number of nitrogens with one attached hydrogen (secondary N) is 1. The fourth-order valence-corrected chi connectivity index (χ4v) is 1.07. The van der Waals surface area contributed by atoms with Crippen LogP contribution in [0.25, 0.3) is 0 Å². The lowest BCUT2D eigenvalue weighted by Crippen LogP contribution is -2.31. The number of hydrogen-bond donors (Lipinski definition) is 1. The van der Waals surface area contributed by atoms with Crippen LogP contribution in [0.15, 0.2) is 18.2 Å². The lowest BCUT2D eigenvalue weighted by Gasteiger charge is -2.06. The van der Waals surface area contributed by atoms with Crippen LogP contribution in [0.5, 0.6) is 0 Å². The Kier molecular flexibility index (Phi) is 3.64. The van der Waals surface area contributed by atoms with Gasteiger partial charge in [-0.3, -0.25) is 4.79 Å². The Morgan fingerprint density at radius 1 is 1.67 bits per heavy atom. The number of nitrogens with zero attached hydrogens (tertiary/aromatic N) is 1. The summed E-state index contributed by atoms with van der Waals surface area (Å²) >= 11 is 5.46. The van der Waals surface area contributed by atoms with E-state index in [0.717, 1.165) is 6.07 Å². The van der Waals surface area contributed by atoms with Crippen LogP contribution in [0.1, 0.15) is 17.3 Å². The van der Waals surface area contributed by atoms with Gasteiger partial charge in [0.15, 0.2) is 0 Å². The highest BCUT2D eigenvalue weighted by molar-refractivity contribution is 6.30. The quantitative estimate of drug-likeness (QED) is 0.840. The second-order valence-corrected chi connectivity index (χ2v) is 3.36. The Hall–Kier alpha value is -1.60. The third kappa shape index (κ3) is 2.93. The number of benzene rings is 1. The van der Waals surface area contributed by atoms with Gasteiger partial charge < -0.3 is 5.32 Å². The molecule has 1 aromatic carbocycles. The summed E-state index contributed by atoms with van der Waals surface area (Å²) in [5.74, 6) is -1.16. The molecular formula is C10H8ClFN2O. The van der Waals surface area contributed by atoms with Crippen LogP contribution in [-0.4, -0.2) is 11.9 Å². The lowest BCUT2D eigenvalue weighted by molar-refractivity contribution is 0.0947. The minimum Gasteiger partial charge on any atom is -0.337 e. The first-order valence-corrected chi connectivity index (χ1v) is 4.58.